The van der Waals surface area contributed by atoms with Crippen molar-refractivity contribution in [2.24, 2.45) is 0 Å². The zero-order valence-corrected chi connectivity index (χ0v) is 11.9. The summed E-state index contributed by atoms with van der Waals surface area (Å²) in [4.78, 5) is -2.30. The largest absolute Gasteiger partial charge is 0.394 e. The van der Waals surface area contributed by atoms with E-state index < -0.39 is 65.9 Å². The van der Waals surface area contributed by atoms with E-state index in [0.717, 1.165) is 0 Å². The topological polar surface area (TPSA) is 52.0 Å². The van der Waals surface area contributed by atoms with E-state index in [1.165, 1.54) is 0 Å². The van der Waals surface area contributed by atoms with Crippen LogP contribution >= 0.6 is 23.5 Å². The van der Waals surface area contributed by atoms with E-state index in [2.05, 4.69) is 0 Å². The minimum absolute atomic E-state index is 0.217. The Bertz CT molecular complexity index is 704. The van der Waals surface area contributed by atoms with Crippen LogP contribution in [0.4, 0.5) is 37.7 Å². The molecule has 0 amide bonds. The van der Waals surface area contributed by atoms with Gasteiger partial charge < -0.3 is 11.5 Å². The Kier molecular flexibility index (Phi) is 3.40. The Labute approximate surface area is 127 Å². The van der Waals surface area contributed by atoms with Crippen molar-refractivity contribution in [1.29, 1.82) is 0 Å². The molecule has 3 rings (SSSR count). The maximum absolute atomic E-state index is 13.9. The summed E-state index contributed by atoms with van der Waals surface area (Å²) in [5, 5.41) is 0. The standard InChI is InChI=1S/C12H4F6N2S2/c13-1-3(15)9-11(5(17)7(1)19)22-10-4(16)2(14)8(20)6(18)12(10)21-9/h19-20H2. The van der Waals surface area contributed by atoms with E-state index in [0.29, 0.717) is 0 Å². The molecule has 0 radical (unpaired) electrons. The molecule has 4 N–H and O–H groups in total. The highest BCUT2D eigenvalue weighted by Crippen LogP contribution is 2.54. The fourth-order valence-corrected chi connectivity index (χ4v) is 4.24. The first-order valence-electron chi connectivity index (χ1n) is 5.53. The molecular formula is C12H4F6N2S2. The Balaban J connectivity index is 2.32. The third kappa shape index (κ3) is 1.86. The molecule has 116 valence electrons. The van der Waals surface area contributed by atoms with Gasteiger partial charge in [0, 0.05) is 0 Å². The fourth-order valence-electron chi connectivity index (χ4n) is 1.84. The Hall–Kier alpha value is -1.68. The van der Waals surface area contributed by atoms with Crippen molar-refractivity contribution in [2.45, 2.75) is 19.6 Å². The van der Waals surface area contributed by atoms with E-state index in [1.807, 2.05) is 0 Å². The molecule has 0 atom stereocenters. The number of hydrogen-bond acceptors (Lipinski definition) is 4. The van der Waals surface area contributed by atoms with E-state index >= 15 is 0 Å². The molecule has 0 aromatic heterocycles. The predicted molar refractivity (Wildman–Crippen MR) is 69.7 cm³/mol. The van der Waals surface area contributed by atoms with Crippen LogP contribution < -0.4 is 11.5 Å². The zero-order valence-electron chi connectivity index (χ0n) is 10.2. The van der Waals surface area contributed by atoms with Gasteiger partial charge in [-0.15, -0.1) is 0 Å². The van der Waals surface area contributed by atoms with Crippen LogP contribution in [0.15, 0.2) is 19.6 Å². The summed E-state index contributed by atoms with van der Waals surface area (Å²) in [5.74, 6) is -8.92. The third-order valence-electron chi connectivity index (χ3n) is 2.95. The highest BCUT2D eigenvalue weighted by molar-refractivity contribution is 8.05. The molecule has 0 bridgehead atoms. The number of fused-ring (bicyclic) bond motifs is 2. The number of halogens is 6. The van der Waals surface area contributed by atoms with Gasteiger partial charge in [-0.1, -0.05) is 23.5 Å². The van der Waals surface area contributed by atoms with Crippen LogP contribution in [0.1, 0.15) is 0 Å². The summed E-state index contributed by atoms with van der Waals surface area (Å²) in [6.45, 7) is 0. The second kappa shape index (κ2) is 4.92. The van der Waals surface area contributed by atoms with Gasteiger partial charge in [-0.05, 0) is 0 Å². The first-order chi connectivity index (χ1) is 10.3. The van der Waals surface area contributed by atoms with E-state index in [4.69, 9.17) is 11.5 Å². The van der Waals surface area contributed by atoms with Crippen LogP contribution in [0.5, 0.6) is 0 Å². The molecule has 1 heterocycles. The molecule has 0 saturated heterocycles. The zero-order chi connectivity index (χ0) is 16.3. The molecule has 0 fully saturated rings. The number of nitrogen functional groups attached to an aromatic ring is 2. The monoisotopic (exact) mass is 354 g/mol. The summed E-state index contributed by atoms with van der Waals surface area (Å²) < 4.78 is 82.5. The SMILES string of the molecule is Nc1c(F)c(F)c2c(c1F)Sc1c(F)c(F)c(N)c(F)c1S2. The molecule has 2 aromatic carbocycles. The lowest BCUT2D eigenvalue weighted by atomic mass is 10.2. The molecule has 2 nitrogen and oxygen atoms in total. The van der Waals surface area contributed by atoms with Gasteiger partial charge in [0.1, 0.15) is 11.4 Å². The highest BCUT2D eigenvalue weighted by atomic mass is 32.2. The minimum atomic E-state index is -1.64. The average molecular weight is 354 g/mol. The van der Waals surface area contributed by atoms with Gasteiger partial charge in [0.2, 0.25) is 0 Å². The van der Waals surface area contributed by atoms with Gasteiger partial charge in [0.25, 0.3) is 0 Å². The predicted octanol–water partition coefficient (Wildman–Crippen LogP) is 4.30. The van der Waals surface area contributed by atoms with Crippen molar-refractivity contribution in [2.75, 3.05) is 11.5 Å². The maximum atomic E-state index is 13.9. The van der Waals surface area contributed by atoms with Crippen molar-refractivity contribution in [1.82, 2.24) is 0 Å². The smallest absolute Gasteiger partial charge is 0.185 e. The molecule has 2 aromatic rings. The molecule has 1 aliphatic rings. The van der Waals surface area contributed by atoms with Crippen LogP contribution in [0.25, 0.3) is 0 Å². The van der Waals surface area contributed by atoms with Crippen molar-refractivity contribution >= 4 is 34.9 Å². The minimum Gasteiger partial charge on any atom is -0.394 e. The number of benzene rings is 2. The van der Waals surface area contributed by atoms with Crippen molar-refractivity contribution in [3.63, 3.8) is 0 Å². The normalized spacial score (nSPS) is 13.0. The van der Waals surface area contributed by atoms with Gasteiger partial charge in [-0.3, -0.25) is 0 Å². The van der Waals surface area contributed by atoms with Crippen molar-refractivity contribution in [3.8, 4) is 0 Å². The van der Waals surface area contributed by atoms with Crippen LogP contribution in [0.2, 0.25) is 0 Å². The Morgan fingerprint density at radius 2 is 0.727 bits per heavy atom. The average Bonchev–Trinajstić information content (AvgIpc) is 2.52. The number of nitrogens with two attached hydrogens (primary N) is 2. The first-order valence-corrected chi connectivity index (χ1v) is 7.16. The molecule has 0 unspecified atom stereocenters. The van der Waals surface area contributed by atoms with E-state index in [1.54, 1.807) is 0 Å². The molecule has 0 aliphatic carbocycles. The number of hydrogen-bond donors (Lipinski definition) is 2. The maximum Gasteiger partial charge on any atom is 0.185 e. The summed E-state index contributed by atoms with van der Waals surface area (Å²) >= 11 is 0.434. The van der Waals surface area contributed by atoms with Gasteiger partial charge in [-0.2, -0.15) is 0 Å². The molecule has 1 aliphatic heterocycles. The lowest BCUT2D eigenvalue weighted by Gasteiger charge is -2.22. The van der Waals surface area contributed by atoms with Gasteiger partial charge in [0.05, 0.1) is 19.6 Å². The summed E-state index contributed by atoms with van der Waals surface area (Å²) in [6, 6.07) is 0. The summed E-state index contributed by atoms with van der Waals surface area (Å²) in [7, 11) is 0. The van der Waals surface area contributed by atoms with Gasteiger partial charge in [0.15, 0.2) is 34.9 Å². The molecular weight excluding hydrogens is 350 g/mol. The molecule has 10 heteroatoms. The van der Waals surface area contributed by atoms with E-state index in [9.17, 15) is 26.3 Å². The van der Waals surface area contributed by atoms with E-state index in [-0.39, 0.29) is 23.5 Å². The van der Waals surface area contributed by atoms with Gasteiger partial charge >= 0.3 is 0 Å². The van der Waals surface area contributed by atoms with Crippen molar-refractivity contribution in [3.05, 3.63) is 34.9 Å². The lowest BCUT2D eigenvalue weighted by molar-refractivity contribution is 0.460. The van der Waals surface area contributed by atoms with Crippen LogP contribution in [0.3, 0.4) is 0 Å². The number of rotatable bonds is 0. The first kappa shape index (κ1) is 15.2. The molecule has 0 spiro atoms. The Morgan fingerprint density at radius 1 is 0.455 bits per heavy atom. The summed E-state index contributed by atoms with van der Waals surface area (Å²) in [5.41, 5.74) is 7.96. The fraction of sp³-hybridized carbons (Fsp3) is 0. The number of anilines is 2. The third-order valence-corrected chi connectivity index (χ3v) is 5.56. The van der Waals surface area contributed by atoms with Crippen molar-refractivity contribution < 1.29 is 26.3 Å². The quantitative estimate of drug-likeness (QED) is 0.359. The van der Waals surface area contributed by atoms with Crippen LogP contribution in [-0.4, -0.2) is 0 Å². The second-order valence-corrected chi connectivity index (χ2v) is 6.27. The molecule has 22 heavy (non-hydrogen) atoms. The summed E-state index contributed by atoms with van der Waals surface area (Å²) in [6.07, 6.45) is 0. The second-order valence-electron chi connectivity index (χ2n) is 4.23. The lowest BCUT2D eigenvalue weighted by Crippen LogP contribution is -2.09. The van der Waals surface area contributed by atoms with Crippen LogP contribution in [0, 0.1) is 34.9 Å². The highest BCUT2D eigenvalue weighted by Gasteiger charge is 2.34. The Morgan fingerprint density at radius 3 is 1.05 bits per heavy atom. The van der Waals surface area contributed by atoms with Gasteiger partial charge in [-0.25, -0.2) is 26.3 Å². The molecule has 0 saturated carbocycles. The van der Waals surface area contributed by atoms with Crippen LogP contribution in [-0.2, 0) is 0 Å².